The molecule has 1 saturated heterocycles. The molecule has 1 heterocycles. The number of unbranched alkanes of at least 4 members (excludes halogenated alkanes) is 1. The molecule has 0 bridgehead atoms. The average Bonchev–Trinajstić information content (AvgIpc) is 2.31. The van der Waals surface area contributed by atoms with E-state index in [1.54, 1.807) is 6.92 Å². The summed E-state index contributed by atoms with van der Waals surface area (Å²) in [6.07, 6.45) is -0.169. The Bertz CT molecular complexity index is 282. The fourth-order valence-electron chi connectivity index (χ4n) is 2.07. The molecule has 0 aromatic heterocycles. The van der Waals surface area contributed by atoms with E-state index >= 15 is 0 Å². The van der Waals surface area contributed by atoms with Gasteiger partial charge in [0.05, 0.1) is 18.3 Å². The predicted octanol–water partition coefficient (Wildman–Crippen LogP) is 0.893. The Labute approximate surface area is 113 Å². The standard InChI is InChI=1S/C13H24O6/c1-8(5-3-4-6-12(16)17)18-13-11(15)7-10(14)9(2)19-13/h8-11,13-15H,3-7H2,1-2H3,(H,16,17)/t8-,9?,10-,11?,13-/m1/s1. The van der Waals surface area contributed by atoms with Crippen molar-refractivity contribution in [2.75, 3.05) is 0 Å². The van der Waals surface area contributed by atoms with E-state index in [1.807, 2.05) is 6.92 Å². The van der Waals surface area contributed by atoms with E-state index in [1.165, 1.54) is 0 Å². The largest absolute Gasteiger partial charge is 0.481 e. The summed E-state index contributed by atoms with van der Waals surface area (Å²) >= 11 is 0. The maximum atomic E-state index is 10.4. The minimum atomic E-state index is -0.826. The zero-order valence-electron chi connectivity index (χ0n) is 11.5. The van der Waals surface area contributed by atoms with Crippen molar-refractivity contribution in [2.45, 2.75) is 76.7 Å². The summed E-state index contributed by atoms with van der Waals surface area (Å²) in [6, 6.07) is 0. The van der Waals surface area contributed by atoms with Crippen LogP contribution in [0, 0.1) is 0 Å². The minimum Gasteiger partial charge on any atom is -0.481 e. The van der Waals surface area contributed by atoms with Gasteiger partial charge in [-0.15, -0.1) is 0 Å². The topological polar surface area (TPSA) is 96.2 Å². The predicted molar refractivity (Wildman–Crippen MR) is 67.6 cm³/mol. The van der Waals surface area contributed by atoms with Crippen LogP contribution in [0.5, 0.6) is 0 Å². The normalized spacial score (nSPS) is 33.1. The number of carboxylic acid groups (broad SMARTS) is 1. The van der Waals surface area contributed by atoms with Crippen LogP contribution < -0.4 is 0 Å². The van der Waals surface area contributed by atoms with E-state index in [0.717, 1.165) is 12.8 Å². The van der Waals surface area contributed by atoms with Crippen molar-refractivity contribution < 1.29 is 29.6 Å². The van der Waals surface area contributed by atoms with Gasteiger partial charge in [-0.1, -0.05) is 6.42 Å². The van der Waals surface area contributed by atoms with Gasteiger partial charge >= 0.3 is 5.97 Å². The van der Waals surface area contributed by atoms with Crippen LogP contribution in [0.25, 0.3) is 0 Å². The maximum absolute atomic E-state index is 10.4. The molecule has 1 aliphatic heterocycles. The zero-order chi connectivity index (χ0) is 14.4. The van der Waals surface area contributed by atoms with Gasteiger partial charge in [-0.3, -0.25) is 4.79 Å². The first-order chi connectivity index (χ1) is 8.90. The highest BCUT2D eigenvalue weighted by Crippen LogP contribution is 2.23. The molecule has 19 heavy (non-hydrogen) atoms. The van der Waals surface area contributed by atoms with Gasteiger partial charge in [-0.2, -0.15) is 0 Å². The van der Waals surface area contributed by atoms with E-state index in [-0.39, 0.29) is 25.0 Å². The monoisotopic (exact) mass is 276 g/mol. The van der Waals surface area contributed by atoms with Crippen LogP contribution in [0.3, 0.4) is 0 Å². The maximum Gasteiger partial charge on any atom is 0.303 e. The number of aliphatic hydroxyl groups excluding tert-OH is 2. The summed E-state index contributed by atoms with van der Waals surface area (Å²) < 4.78 is 11.0. The highest BCUT2D eigenvalue weighted by atomic mass is 16.7. The number of aliphatic hydroxyl groups is 2. The van der Waals surface area contributed by atoms with Gasteiger partial charge in [0.2, 0.25) is 0 Å². The van der Waals surface area contributed by atoms with Gasteiger partial charge in [0, 0.05) is 12.8 Å². The van der Waals surface area contributed by atoms with E-state index in [9.17, 15) is 15.0 Å². The number of hydrogen-bond acceptors (Lipinski definition) is 5. The second-order valence-electron chi connectivity index (χ2n) is 5.17. The Kier molecular flexibility index (Phi) is 6.71. The fraction of sp³-hybridized carbons (Fsp3) is 0.923. The van der Waals surface area contributed by atoms with Gasteiger partial charge in [-0.05, 0) is 26.7 Å². The summed E-state index contributed by atoms with van der Waals surface area (Å²) in [4.78, 5) is 10.4. The van der Waals surface area contributed by atoms with Gasteiger partial charge in [0.1, 0.15) is 6.10 Å². The Morgan fingerprint density at radius 3 is 2.68 bits per heavy atom. The summed E-state index contributed by atoms with van der Waals surface area (Å²) in [6.45, 7) is 3.61. The number of hydrogen-bond donors (Lipinski definition) is 3. The molecular weight excluding hydrogens is 252 g/mol. The van der Waals surface area contributed by atoms with Crippen molar-refractivity contribution in [3.8, 4) is 0 Å². The molecule has 0 aromatic carbocycles. The summed E-state index contributed by atoms with van der Waals surface area (Å²) in [7, 11) is 0. The van der Waals surface area contributed by atoms with Crippen LogP contribution in [-0.4, -0.2) is 52.0 Å². The third-order valence-electron chi connectivity index (χ3n) is 3.31. The number of carboxylic acids is 1. The summed E-state index contributed by atoms with van der Waals surface area (Å²) in [5.74, 6) is -0.789. The summed E-state index contributed by atoms with van der Waals surface area (Å²) in [5, 5.41) is 27.8. The molecule has 0 aliphatic carbocycles. The van der Waals surface area contributed by atoms with Crippen LogP contribution in [0.2, 0.25) is 0 Å². The molecular formula is C13H24O6. The van der Waals surface area contributed by atoms with E-state index < -0.39 is 24.5 Å². The molecule has 1 aliphatic rings. The molecule has 6 nitrogen and oxygen atoms in total. The second-order valence-corrected chi connectivity index (χ2v) is 5.17. The smallest absolute Gasteiger partial charge is 0.303 e. The van der Waals surface area contributed by atoms with Crippen molar-refractivity contribution in [3.05, 3.63) is 0 Å². The molecule has 0 saturated carbocycles. The van der Waals surface area contributed by atoms with Crippen molar-refractivity contribution in [2.24, 2.45) is 0 Å². The van der Waals surface area contributed by atoms with E-state index in [4.69, 9.17) is 14.6 Å². The van der Waals surface area contributed by atoms with Crippen LogP contribution >= 0.6 is 0 Å². The fourth-order valence-corrected chi connectivity index (χ4v) is 2.07. The Hall–Kier alpha value is -0.690. The van der Waals surface area contributed by atoms with Gasteiger partial charge in [-0.25, -0.2) is 0 Å². The second kappa shape index (κ2) is 7.79. The molecule has 3 N–H and O–H groups in total. The van der Waals surface area contributed by atoms with Crippen molar-refractivity contribution in [3.63, 3.8) is 0 Å². The first kappa shape index (κ1) is 16.4. The molecule has 112 valence electrons. The van der Waals surface area contributed by atoms with E-state index in [2.05, 4.69) is 0 Å². The highest BCUT2D eigenvalue weighted by Gasteiger charge is 2.35. The van der Waals surface area contributed by atoms with Crippen LogP contribution in [0.4, 0.5) is 0 Å². The Morgan fingerprint density at radius 2 is 2.05 bits per heavy atom. The minimum absolute atomic E-state index is 0.115. The first-order valence-electron chi connectivity index (χ1n) is 6.79. The average molecular weight is 276 g/mol. The zero-order valence-corrected chi connectivity index (χ0v) is 11.5. The van der Waals surface area contributed by atoms with Crippen LogP contribution in [-0.2, 0) is 14.3 Å². The lowest BCUT2D eigenvalue weighted by Crippen LogP contribution is -2.48. The molecule has 0 amide bonds. The quantitative estimate of drug-likeness (QED) is 0.598. The SMILES string of the molecule is CC1O[C@@H](O[C@H](C)CCCCC(=O)O)C(O)C[C@H]1O. The molecule has 1 fully saturated rings. The number of rotatable bonds is 7. The van der Waals surface area contributed by atoms with Crippen LogP contribution in [0.1, 0.15) is 46.0 Å². The Morgan fingerprint density at radius 1 is 1.37 bits per heavy atom. The van der Waals surface area contributed by atoms with Gasteiger partial charge < -0.3 is 24.8 Å². The third-order valence-corrected chi connectivity index (χ3v) is 3.31. The van der Waals surface area contributed by atoms with Crippen molar-refractivity contribution in [1.82, 2.24) is 0 Å². The van der Waals surface area contributed by atoms with Gasteiger partial charge in [0.25, 0.3) is 0 Å². The lowest BCUT2D eigenvalue weighted by molar-refractivity contribution is -0.273. The number of carbonyl (C=O) groups is 1. The van der Waals surface area contributed by atoms with Gasteiger partial charge in [0.15, 0.2) is 6.29 Å². The highest BCUT2D eigenvalue weighted by molar-refractivity contribution is 5.66. The molecule has 2 unspecified atom stereocenters. The lowest BCUT2D eigenvalue weighted by Gasteiger charge is -2.36. The molecule has 0 radical (unpaired) electrons. The molecule has 0 aromatic rings. The third kappa shape index (κ3) is 5.86. The summed E-state index contributed by atoms with van der Waals surface area (Å²) in [5.41, 5.74) is 0. The molecule has 6 heteroatoms. The molecule has 0 spiro atoms. The van der Waals surface area contributed by atoms with Crippen LogP contribution in [0.15, 0.2) is 0 Å². The molecule has 1 rings (SSSR count). The number of aliphatic carboxylic acids is 1. The van der Waals surface area contributed by atoms with Crippen molar-refractivity contribution >= 4 is 5.97 Å². The first-order valence-corrected chi connectivity index (χ1v) is 6.79. The lowest BCUT2D eigenvalue weighted by atomic mass is 10.0. The van der Waals surface area contributed by atoms with Crippen molar-refractivity contribution in [1.29, 1.82) is 0 Å². The molecule has 5 atom stereocenters. The number of ether oxygens (including phenoxy) is 2. The van der Waals surface area contributed by atoms with E-state index in [0.29, 0.717) is 6.42 Å². The Balaban J connectivity index is 2.23.